The highest BCUT2D eigenvalue weighted by Crippen LogP contribution is 2.30. The maximum atomic E-state index is 4.86. The van der Waals surface area contributed by atoms with Crippen LogP contribution in [0, 0.1) is 0 Å². The van der Waals surface area contributed by atoms with Gasteiger partial charge in [-0.1, -0.05) is 0 Å². The number of hydrogen-bond donors (Lipinski definition) is 2. The van der Waals surface area contributed by atoms with Crippen molar-refractivity contribution in [2.75, 3.05) is 5.43 Å². The van der Waals surface area contributed by atoms with Gasteiger partial charge in [-0.25, -0.2) is 0 Å². The van der Waals surface area contributed by atoms with Crippen LogP contribution in [0.5, 0.6) is 0 Å². The average molecular weight is 128 g/mol. The lowest BCUT2D eigenvalue weighted by atomic mass is 10.6. The molecule has 1 aliphatic heterocycles. The smallest absolute Gasteiger partial charge is 0.116 e. The molecule has 0 fully saturated rings. The first-order chi connectivity index (χ1) is 3.97. The Labute approximate surface area is 50.5 Å². The Kier molecular flexibility index (Phi) is 0.767. The van der Waals surface area contributed by atoms with Gasteiger partial charge in [0.15, 0.2) is 0 Å². The molecule has 2 rings (SSSR count). The van der Waals surface area contributed by atoms with Gasteiger partial charge in [0.2, 0.25) is 0 Å². The van der Waals surface area contributed by atoms with E-state index in [-0.39, 0.29) is 0 Å². The highest BCUT2D eigenvalue weighted by molar-refractivity contribution is 7.98. The third kappa shape index (κ3) is 0.439. The summed E-state index contributed by atoms with van der Waals surface area (Å²) in [6, 6.07) is 0. The summed E-state index contributed by atoms with van der Waals surface area (Å²) in [5.74, 6) is 0. The molecule has 0 aliphatic carbocycles. The molecule has 2 heterocycles. The number of hydrazine groups is 1. The zero-order chi connectivity index (χ0) is 5.40. The zero-order valence-electron chi connectivity index (χ0n) is 3.97. The summed E-state index contributed by atoms with van der Waals surface area (Å²) in [4.78, 5) is 3.99. The van der Waals surface area contributed by atoms with Crippen molar-refractivity contribution in [2.24, 2.45) is 0 Å². The van der Waals surface area contributed by atoms with Crippen LogP contribution in [0.4, 0.5) is 5.69 Å². The SMILES string of the molecule is c1occ2c1NNS2. The van der Waals surface area contributed by atoms with Crippen molar-refractivity contribution in [3.8, 4) is 0 Å². The third-order valence-corrected chi connectivity index (χ3v) is 1.71. The van der Waals surface area contributed by atoms with E-state index in [4.69, 9.17) is 4.42 Å². The largest absolute Gasteiger partial charge is 0.469 e. The molecule has 0 amide bonds. The molecule has 0 atom stereocenters. The summed E-state index contributed by atoms with van der Waals surface area (Å²) in [6.07, 6.45) is 3.37. The van der Waals surface area contributed by atoms with Gasteiger partial charge >= 0.3 is 0 Å². The summed E-state index contributed by atoms with van der Waals surface area (Å²) < 4.78 is 4.86. The summed E-state index contributed by atoms with van der Waals surface area (Å²) in [5, 5.41) is 0. The number of furan rings is 1. The number of hydrogen-bond acceptors (Lipinski definition) is 4. The van der Waals surface area contributed by atoms with Crippen molar-refractivity contribution in [3.63, 3.8) is 0 Å². The van der Waals surface area contributed by atoms with Crippen LogP contribution in [0.15, 0.2) is 21.8 Å². The minimum absolute atomic E-state index is 1.02. The van der Waals surface area contributed by atoms with Gasteiger partial charge in [-0.05, 0) is 11.9 Å². The summed E-state index contributed by atoms with van der Waals surface area (Å²) >= 11 is 1.52. The third-order valence-electron chi connectivity index (χ3n) is 0.973. The van der Waals surface area contributed by atoms with Gasteiger partial charge in [-0.15, -0.1) is 0 Å². The molecule has 0 aromatic carbocycles. The van der Waals surface area contributed by atoms with Crippen LogP contribution in [0.1, 0.15) is 0 Å². The number of anilines is 1. The lowest BCUT2D eigenvalue weighted by molar-refractivity contribution is 0.561. The molecule has 4 heteroatoms. The molecule has 2 N–H and O–H groups in total. The van der Waals surface area contributed by atoms with E-state index in [0.717, 1.165) is 10.6 Å². The van der Waals surface area contributed by atoms with E-state index in [1.54, 1.807) is 12.5 Å². The summed E-state index contributed by atoms with van der Waals surface area (Å²) in [6.45, 7) is 0. The lowest BCUT2D eigenvalue weighted by Gasteiger charge is -1.86. The second-order valence-corrected chi connectivity index (χ2v) is 2.33. The minimum Gasteiger partial charge on any atom is -0.469 e. The van der Waals surface area contributed by atoms with E-state index >= 15 is 0 Å². The normalized spacial score (nSPS) is 15.5. The predicted molar refractivity (Wildman–Crippen MR) is 31.3 cm³/mol. The molecule has 1 aromatic rings. The standard InChI is InChI=1S/C4H4N2OS/c1-3-4(2-7-1)8-6-5-3/h1-2,5-6H. The summed E-state index contributed by atoms with van der Waals surface area (Å²) in [7, 11) is 0. The molecular formula is C4H4N2OS. The fourth-order valence-electron chi connectivity index (χ4n) is 0.591. The van der Waals surface area contributed by atoms with Gasteiger partial charge < -0.3 is 9.84 Å². The van der Waals surface area contributed by atoms with Gasteiger partial charge in [0.1, 0.15) is 18.2 Å². The highest BCUT2D eigenvalue weighted by atomic mass is 32.2. The zero-order valence-corrected chi connectivity index (χ0v) is 4.79. The van der Waals surface area contributed by atoms with Gasteiger partial charge in [-0.3, -0.25) is 0 Å². The number of nitrogens with one attached hydrogen (secondary N) is 2. The Hall–Kier alpha value is -0.610. The Morgan fingerprint density at radius 1 is 1.50 bits per heavy atom. The van der Waals surface area contributed by atoms with Crippen LogP contribution in [-0.2, 0) is 0 Å². The second kappa shape index (κ2) is 1.43. The van der Waals surface area contributed by atoms with Crippen LogP contribution < -0.4 is 10.3 Å². The van der Waals surface area contributed by atoms with Crippen molar-refractivity contribution in [1.82, 2.24) is 4.83 Å². The van der Waals surface area contributed by atoms with E-state index < -0.39 is 0 Å². The Balaban J connectivity index is 2.54. The Morgan fingerprint density at radius 2 is 2.50 bits per heavy atom. The quantitative estimate of drug-likeness (QED) is 0.515. The topological polar surface area (TPSA) is 37.2 Å². The average Bonchev–Trinajstić information content (AvgIpc) is 2.15. The molecule has 8 heavy (non-hydrogen) atoms. The molecule has 42 valence electrons. The molecule has 1 aromatic heterocycles. The molecular weight excluding hydrogens is 124 g/mol. The molecule has 1 aliphatic rings. The first-order valence-electron chi connectivity index (χ1n) is 2.21. The van der Waals surface area contributed by atoms with E-state index in [1.807, 2.05) is 0 Å². The van der Waals surface area contributed by atoms with Gasteiger partial charge in [-0.2, -0.15) is 4.83 Å². The van der Waals surface area contributed by atoms with E-state index in [2.05, 4.69) is 10.3 Å². The first kappa shape index (κ1) is 4.29. The van der Waals surface area contributed by atoms with Gasteiger partial charge in [0.05, 0.1) is 4.90 Å². The van der Waals surface area contributed by atoms with Crippen molar-refractivity contribution in [1.29, 1.82) is 0 Å². The lowest BCUT2D eigenvalue weighted by Crippen LogP contribution is -2.04. The highest BCUT2D eigenvalue weighted by Gasteiger charge is 2.10. The fraction of sp³-hybridized carbons (Fsp3) is 0. The maximum Gasteiger partial charge on any atom is 0.116 e. The maximum absolute atomic E-state index is 4.86. The van der Waals surface area contributed by atoms with E-state index in [9.17, 15) is 0 Å². The molecule has 0 unspecified atom stereocenters. The number of fused-ring (bicyclic) bond motifs is 1. The monoisotopic (exact) mass is 128 g/mol. The van der Waals surface area contributed by atoms with Crippen LogP contribution in [0.2, 0.25) is 0 Å². The van der Waals surface area contributed by atoms with Crippen molar-refractivity contribution < 1.29 is 4.42 Å². The Bertz CT molecular complexity index is 179. The molecule has 0 saturated heterocycles. The number of rotatable bonds is 0. The van der Waals surface area contributed by atoms with Crippen molar-refractivity contribution in [3.05, 3.63) is 12.5 Å². The van der Waals surface area contributed by atoms with Crippen LogP contribution in [0.25, 0.3) is 0 Å². The predicted octanol–water partition coefficient (Wildman–Crippen LogP) is 1.22. The van der Waals surface area contributed by atoms with Gasteiger partial charge in [0.25, 0.3) is 0 Å². The molecule has 0 radical (unpaired) electrons. The van der Waals surface area contributed by atoms with Gasteiger partial charge in [0, 0.05) is 0 Å². The molecule has 0 bridgehead atoms. The van der Waals surface area contributed by atoms with Crippen LogP contribution >= 0.6 is 11.9 Å². The Morgan fingerprint density at radius 3 is 3.38 bits per heavy atom. The fourth-order valence-corrected chi connectivity index (χ4v) is 1.17. The summed E-state index contributed by atoms with van der Waals surface area (Å²) in [5.41, 5.74) is 3.92. The van der Waals surface area contributed by atoms with Crippen molar-refractivity contribution >= 4 is 17.6 Å². The van der Waals surface area contributed by atoms with Crippen LogP contribution in [-0.4, -0.2) is 0 Å². The molecule has 0 saturated carbocycles. The first-order valence-corrected chi connectivity index (χ1v) is 3.02. The van der Waals surface area contributed by atoms with Crippen molar-refractivity contribution in [2.45, 2.75) is 4.90 Å². The van der Waals surface area contributed by atoms with Crippen LogP contribution in [0.3, 0.4) is 0 Å². The minimum atomic E-state index is 1.02. The second-order valence-electron chi connectivity index (χ2n) is 1.48. The van der Waals surface area contributed by atoms with E-state index in [0.29, 0.717) is 0 Å². The molecule has 3 nitrogen and oxygen atoms in total. The molecule has 0 spiro atoms. The van der Waals surface area contributed by atoms with E-state index in [1.165, 1.54) is 11.9 Å².